The van der Waals surface area contributed by atoms with Gasteiger partial charge in [-0.1, -0.05) is 6.07 Å². The van der Waals surface area contributed by atoms with Gasteiger partial charge in [-0.05, 0) is 12.1 Å². The van der Waals surface area contributed by atoms with E-state index in [4.69, 9.17) is 11.5 Å². The third-order valence-electron chi connectivity index (χ3n) is 1.94. The lowest BCUT2D eigenvalue weighted by molar-refractivity contribution is 0.511. The Labute approximate surface area is 89.1 Å². The lowest BCUT2D eigenvalue weighted by Gasteiger charge is -2.04. The van der Waals surface area contributed by atoms with Crippen LogP contribution in [0.2, 0.25) is 0 Å². The van der Waals surface area contributed by atoms with Crippen LogP contribution in [0.4, 0.5) is 20.5 Å². The zero-order valence-electron chi connectivity index (χ0n) is 7.98. The van der Waals surface area contributed by atoms with Crippen LogP contribution in [-0.2, 0) is 0 Å². The maximum atomic E-state index is 13.4. The van der Waals surface area contributed by atoms with E-state index in [0.717, 1.165) is 6.07 Å². The average Bonchev–Trinajstić information content (AvgIpc) is 2.23. The molecular formula is C9H7F2N5. The van der Waals surface area contributed by atoms with Crippen LogP contribution >= 0.6 is 0 Å². The molecule has 0 aliphatic heterocycles. The first-order valence-corrected chi connectivity index (χ1v) is 4.29. The number of nitrogen functional groups attached to an aromatic ring is 2. The third-order valence-corrected chi connectivity index (χ3v) is 1.94. The number of nitrogens with two attached hydrogens (primary N) is 2. The molecule has 0 aliphatic rings. The predicted molar refractivity (Wildman–Crippen MR) is 54.0 cm³/mol. The van der Waals surface area contributed by atoms with Crippen LogP contribution in [0.15, 0.2) is 18.2 Å². The summed E-state index contributed by atoms with van der Waals surface area (Å²) in [6.07, 6.45) is 0. The first-order valence-electron chi connectivity index (χ1n) is 4.29. The normalized spacial score (nSPS) is 10.4. The van der Waals surface area contributed by atoms with Gasteiger partial charge in [0.05, 0.1) is 0 Å². The van der Waals surface area contributed by atoms with E-state index < -0.39 is 11.6 Å². The summed E-state index contributed by atoms with van der Waals surface area (Å²) in [5.41, 5.74) is 10.6. The molecule has 0 spiro atoms. The average molecular weight is 223 g/mol. The van der Waals surface area contributed by atoms with E-state index >= 15 is 0 Å². The number of rotatable bonds is 1. The van der Waals surface area contributed by atoms with Gasteiger partial charge in [0.1, 0.15) is 5.69 Å². The summed E-state index contributed by atoms with van der Waals surface area (Å²) in [7, 11) is 0. The number of hydrogen-bond acceptors (Lipinski definition) is 5. The lowest BCUT2D eigenvalue weighted by atomic mass is 10.1. The van der Waals surface area contributed by atoms with Crippen LogP contribution in [0.1, 0.15) is 0 Å². The van der Waals surface area contributed by atoms with Crippen molar-refractivity contribution in [3.63, 3.8) is 0 Å². The number of benzene rings is 1. The van der Waals surface area contributed by atoms with Crippen LogP contribution in [0, 0.1) is 11.6 Å². The van der Waals surface area contributed by atoms with Gasteiger partial charge in [-0.25, -0.2) is 8.78 Å². The summed E-state index contributed by atoms with van der Waals surface area (Å²) in [6.45, 7) is 0. The van der Waals surface area contributed by atoms with Crippen molar-refractivity contribution in [3.8, 4) is 11.3 Å². The molecule has 2 rings (SSSR count). The van der Waals surface area contributed by atoms with Crippen molar-refractivity contribution in [2.24, 2.45) is 0 Å². The zero-order valence-corrected chi connectivity index (χ0v) is 7.98. The van der Waals surface area contributed by atoms with Crippen molar-refractivity contribution in [1.82, 2.24) is 15.2 Å². The second kappa shape index (κ2) is 3.69. The molecular weight excluding hydrogens is 216 g/mol. The van der Waals surface area contributed by atoms with E-state index in [2.05, 4.69) is 15.2 Å². The predicted octanol–water partition coefficient (Wildman–Crippen LogP) is 0.981. The van der Waals surface area contributed by atoms with Crippen molar-refractivity contribution < 1.29 is 8.78 Å². The number of nitrogens with zero attached hydrogens (tertiary/aromatic N) is 3. The third kappa shape index (κ3) is 1.62. The fourth-order valence-electron chi connectivity index (χ4n) is 1.23. The Morgan fingerprint density at radius 3 is 2.50 bits per heavy atom. The maximum Gasteiger partial charge on any atom is 0.242 e. The van der Waals surface area contributed by atoms with Gasteiger partial charge < -0.3 is 11.5 Å². The van der Waals surface area contributed by atoms with E-state index in [9.17, 15) is 8.78 Å². The largest absolute Gasteiger partial charge is 0.382 e. The SMILES string of the molecule is Nc1nnc(-c2cccc(F)c2F)c(N)n1. The van der Waals surface area contributed by atoms with Crippen LogP contribution in [0.25, 0.3) is 11.3 Å². The summed E-state index contributed by atoms with van der Waals surface area (Å²) in [4.78, 5) is 3.61. The Bertz CT molecular complexity index is 543. The molecule has 16 heavy (non-hydrogen) atoms. The van der Waals surface area contributed by atoms with Gasteiger partial charge in [0.15, 0.2) is 17.5 Å². The summed E-state index contributed by atoms with van der Waals surface area (Å²) >= 11 is 0. The second-order valence-corrected chi connectivity index (χ2v) is 3.01. The van der Waals surface area contributed by atoms with Crippen LogP contribution < -0.4 is 11.5 Å². The topological polar surface area (TPSA) is 90.7 Å². The molecule has 5 nitrogen and oxygen atoms in total. The van der Waals surface area contributed by atoms with E-state index in [1.165, 1.54) is 12.1 Å². The smallest absolute Gasteiger partial charge is 0.242 e. The lowest BCUT2D eigenvalue weighted by Crippen LogP contribution is -2.05. The minimum atomic E-state index is -1.05. The van der Waals surface area contributed by atoms with Crippen molar-refractivity contribution in [2.45, 2.75) is 0 Å². The summed E-state index contributed by atoms with van der Waals surface area (Å²) in [5, 5.41) is 7.02. The van der Waals surface area contributed by atoms with Crippen molar-refractivity contribution in [2.75, 3.05) is 11.5 Å². The highest BCUT2D eigenvalue weighted by atomic mass is 19.2. The Morgan fingerprint density at radius 1 is 1.06 bits per heavy atom. The van der Waals surface area contributed by atoms with Gasteiger partial charge in [-0.3, -0.25) is 0 Å². The van der Waals surface area contributed by atoms with Gasteiger partial charge >= 0.3 is 0 Å². The van der Waals surface area contributed by atoms with Gasteiger partial charge in [-0.2, -0.15) is 4.98 Å². The summed E-state index contributed by atoms with van der Waals surface area (Å²) < 4.78 is 26.4. The Morgan fingerprint density at radius 2 is 1.81 bits per heavy atom. The molecule has 0 saturated heterocycles. The first kappa shape index (κ1) is 10.2. The molecule has 0 saturated carbocycles. The molecule has 0 amide bonds. The highest BCUT2D eigenvalue weighted by Gasteiger charge is 2.14. The molecule has 1 aromatic heterocycles. The molecule has 7 heteroatoms. The summed E-state index contributed by atoms with van der Waals surface area (Å²) in [5.74, 6) is -2.26. The van der Waals surface area contributed by atoms with E-state index in [-0.39, 0.29) is 23.0 Å². The first-order chi connectivity index (χ1) is 7.59. The molecule has 0 aliphatic carbocycles. The van der Waals surface area contributed by atoms with Crippen molar-refractivity contribution in [1.29, 1.82) is 0 Å². The Kier molecular flexibility index (Phi) is 2.35. The van der Waals surface area contributed by atoms with E-state index in [1.807, 2.05) is 0 Å². The molecule has 0 radical (unpaired) electrons. The molecule has 82 valence electrons. The standard InChI is InChI=1S/C9H7F2N5/c10-5-3-1-2-4(6(5)11)7-8(12)14-9(13)16-15-7/h1-3H,(H4,12,13,14,16). The van der Waals surface area contributed by atoms with Gasteiger partial charge in [0.25, 0.3) is 0 Å². The highest BCUT2D eigenvalue weighted by molar-refractivity contribution is 5.70. The van der Waals surface area contributed by atoms with Gasteiger partial charge in [-0.15, -0.1) is 10.2 Å². The molecule has 0 bridgehead atoms. The highest BCUT2D eigenvalue weighted by Crippen LogP contribution is 2.25. The second-order valence-electron chi connectivity index (χ2n) is 3.01. The van der Waals surface area contributed by atoms with Crippen LogP contribution in [0.3, 0.4) is 0 Å². The fraction of sp³-hybridized carbons (Fsp3) is 0. The van der Waals surface area contributed by atoms with E-state index in [1.54, 1.807) is 0 Å². The number of halogens is 2. The molecule has 1 aromatic carbocycles. The molecule has 1 heterocycles. The van der Waals surface area contributed by atoms with E-state index in [0.29, 0.717) is 0 Å². The minimum absolute atomic E-state index is 0.0359. The van der Waals surface area contributed by atoms with Crippen molar-refractivity contribution in [3.05, 3.63) is 29.8 Å². The Hall–Kier alpha value is -2.31. The number of hydrogen-bond donors (Lipinski definition) is 2. The van der Waals surface area contributed by atoms with Gasteiger partial charge in [0.2, 0.25) is 5.95 Å². The fourth-order valence-corrected chi connectivity index (χ4v) is 1.23. The maximum absolute atomic E-state index is 13.4. The molecule has 2 aromatic rings. The van der Waals surface area contributed by atoms with Crippen molar-refractivity contribution >= 4 is 11.8 Å². The van der Waals surface area contributed by atoms with Gasteiger partial charge in [0, 0.05) is 5.56 Å². The molecule has 4 N–H and O–H groups in total. The quantitative estimate of drug-likeness (QED) is 0.752. The zero-order chi connectivity index (χ0) is 11.7. The monoisotopic (exact) mass is 223 g/mol. The molecule has 0 fully saturated rings. The number of aromatic nitrogens is 3. The minimum Gasteiger partial charge on any atom is -0.382 e. The van der Waals surface area contributed by atoms with Crippen LogP contribution in [0.5, 0.6) is 0 Å². The van der Waals surface area contributed by atoms with Crippen LogP contribution in [-0.4, -0.2) is 15.2 Å². The Balaban J connectivity index is 2.63. The molecule has 0 atom stereocenters. The molecule has 0 unspecified atom stereocenters. The number of anilines is 2. The summed E-state index contributed by atoms with van der Waals surface area (Å²) in [6, 6.07) is 3.66.